The van der Waals surface area contributed by atoms with Gasteiger partial charge in [-0.15, -0.1) is 0 Å². The standard InChI is InChI=1S/C14H20N2O4S/c1-10(12-3-5-13(20-2)6-4-12)16-8-11(7-14(16)17)9-21(15,18)19/h3-6,10-11H,7-9H2,1-2H3,(H2,15,18,19). The molecule has 1 aromatic carbocycles. The second-order valence-electron chi connectivity index (χ2n) is 5.39. The number of nitrogens with zero attached hydrogens (tertiary/aromatic N) is 1. The van der Waals surface area contributed by atoms with Crippen molar-refractivity contribution >= 4 is 15.9 Å². The minimum absolute atomic E-state index is 0.0352. The van der Waals surface area contributed by atoms with E-state index in [-0.39, 0.29) is 30.0 Å². The molecule has 1 amide bonds. The van der Waals surface area contributed by atoms with Crippen molar-refractivity contribution in [2.75, 3.05) is 19.4 Å². The molecule has 0 saturated carbocycles. The van der Waals surface area contributed by atoms with Gasteiger partial charge in [-0.3, -0.25) is 4.79 Å². The van der Waals surface area contributed by atoms with Gasteiger partial charge in [0.1, 0.15) is 5.75 Å². The average Bonchev–Trinajstić information content (AvgIpc) is 2.76. The molecule has 0 radical (unpaired) electrons. The topological polar surface area (TPSA) is 89.7 Å². The van der Waals surface area contributed by atoms with Crippen LogP contribution in [0.2, 0.25) is 0 Å². The van der Waals surface area contributed by atoms with Gasteiger partial charge >= 0.3 is 0 Å². The lowest BCUT2D eigenvalue weighted by Gasteiger charge is -2.25. The van der Waals surface area contributed by atoms with Crippen molar-refractivity contribution in [3.05, 3.63) is 29.8 Å². The molecule has 1 aliphatic rings. The van der Waals surface area contributed by atoms with E-state index in [1.54, 1.807) is 12.0 Å². The van der Waals surface area contributed by atoms with Gasteiger partial charge in [-0.1, -0.05) is 12.1 Å². The number of ether oxygens (including phenoxy) is 1. The summed E-state index contributed by atoms with van der Waals surface area (Å²) in [5.74, 6) is 0.343. The van der Waals surface area contributed by atoms with Crippen molar-refractivity contribution in [3.63, 3.8) is 0 Å². The summed E-state index contributed by atoms with van der Waals surface area (Å²) in [4.78, 5) is 13.8. The summed E-state index contributed by atoms with van der Waals surface area (Å²) in [6.45, 7) is 2.35. The molecule has 2 N–H and O–H groups in total. The average molecular weight is 312 g/mol. The normalized spacial score (nSPS) is 20.6. The van der Waals surface area contributed by atoms with Crippen LogP contribution in [0.1, 0.15) is 24.9 Å². The minimum atomic E-state index is -3.55. The Hall–Kier alpha value is -1.60. The van der Waals surface area contributed by atoms with Crippen LogP contribution in [0, 0.1) is 5.92 Å². The van der Waals surface area contributed by atoms with Crippen LogP contribution in [0.15, 0.2) is 24.3 Å². The summed E-state index contributed by atoms with van der Waals surface area (Å²) < 4.78 is 27.4. The number of carbonyl (C=O) groups excluding carboxylic acids is 1. The molecule has 1 saturated heterocycles. The molecule has 21 heavy (non-hydrogen) atoms. The number of rotatable bonds is 5. The van der Waals surface area contributed by atoms with Crippen LogP contribution < -0.4 is 9.88 Å². The van der Waals surface area contributed by atoms with Crippen LogP contribution in [0.25, 0.3) is 0 Å². The third-order valence-electron chi connectivity index (χ3n) is 3.77. The van der Waals surface area contributed by atoms with Gasteiger partial charge in [0, 0.05) is 18.9 Å². The van der Waals surface area contributed by atoms with Crippen molar-refractivity contribution in [1.29, 1.82) is 0 Å². The molecule has 1 aromatic rings. The van der Waals surface area contributed by atoms with E-state index in [1.165, 1.54) is 0 Å². The Morgan fingerprint density at radius 2 is 2.00 bits per heavy atom. The molecule has 7 heteroatoms. The Kier molecular flexibility index (Phi) is 4.53. The molecule has 2 atom stereocenters. The number of hydrogen-bond acceptors (Lipinski definition) is 4. The number of hydrogen-bond donors (Lipinski definition) is 1. The monoisotopic (exact) mass is 312 g/mol. The second-order valence-corrected chi connectivity index (χ2v) is 7.05. The van der Waals surface area contributed by atoms with E-state index in [0.29, 0.717) is 6.54 Å². The zero-order chi connectivity index (χ0) is 15.6. The van der Waals surface area contributed by atoms with Crippen LogP contribution in [0.3, 0.4) is 0 Å². The minimum Gasteiger partial charge on any atom is -0.497 e. The maximum Gasteiger partial charge on any atom is 0.223 e. The highest BCUT2D eigenvalue weighted by atomic mass is 32.2. The molecule has 0 spiro atoms. The lowest BCUT2D eigenvalue weighted by atomic mass is 10.1. The molecule has 1 heterocycles. The first-order valence-electron chi connectivity index (χ1n) is 6.74. The van der Waals surface area contributed by atoms with Crippen molar-refractivity contribution in [1.82, 2.24) is 4.90 Å². The molecule has 2 rings (SSSR count). The van der Waals surface area contributed by atoms with Gasteiger partial charge in [0.15, 0.2) is 0 Å². The zero-order valence-electron chi connectivity index (χ0n) is 12.2. The summed E-state index contributed by atoms with van der Waals surface area (Å²) in [6.07, 6.45) is 0.233. The van der Waals surface area contributed by atoms with E-state index in [1.807, 2.05) is 31.2 Å². The van der Waals surface area contributed by atoms with Gasteiger partial charge < -0.3 is 9.64 Å². The molecule has 116 valence electrons. The van der Waals surface area contributed by atoms with Gasteiger partial charge in [-0.05, 0) is 24.6 Å². The third kappa shape index (κ3) is 3.95. The van der Waals surface area contributed by atoms with Gasteiger partial charge in [-0.25, -0.2) is 13.6 Å². The Morgan fingerprint density at radius 1 is 1.38 bits per heavy atom. The number of primary sulfonamides is 1. The highest BCUT2D eigenvalue weighted by molar-refractivity contribution is 7.89. The number of nitrogens with two attached hydrogens (primary N) is 1. The van der Waals surface area contributed by atoms with E-state index < -0.39 is 10.0 Å². The van der Waals surface area contributed by atoms with Crippen molar-refractivity contribution in [2.45, 2.75) is 19.4 Å². The van der Waals surface area contributed by atoms with Crippen molar-refractivity contribution < 1.29 is 17.9 Å². The number of methoxy groups -OCH3 is 1. The van der Waals surface area contributed by atoms with E-state index in [4.69, 9.17) is 9.88 Å². The summed E-state index contributed by atoms with van der Waals surface area (Å²) >= 11 is 0. The molecule has 1 aliphatic heterocycles. The summed E-state index contributed by atoms with van der Waals surface area (Å²) in [7, 11) is -1.95. The Morgan fingerprint density at radius 3 is 2.52 bits per heavy atom. The SMILES string of the molecule is COc1ccc(C(C)N2CC(CS(N)(=O)=O)CC2=O)cc1. The molecule has 2 unspecified atom stereocenters. The molecular formula is C14H20N2O4S. The lowest BCUT2D eigenvalue weighted by Crippen LogP contribution is -2.30. The van der Waals surface area contributed by atoms with Crippen LogP contribution in [0.5, 0.6) is 5.75 Å². The third-order valence-corrected chi connectivity index (χ3v) is 4.71. The fraction of sp³-hybridized carbons (Fsp3) is 0.500. The van der Waals surface area contributed by atoms with E-state index in [2.05, 4.69) is 0 Å². The van der Waals surface area contributed by atoms with Crippen LogP contribution in [-0.2, 0) is 14.8 Å². The first kappa shape index (κ1) is 15.8. The van der Waals surface area contributed by atoms with Crippen LogP contribution in [-0.4, -0.2) is 38.6 Å². The van der Waals surface area contributed by atoms with Crippen molar-refractivity contribution in [3.8, 4) is 5.75 Å². The maximum absolute atomic E-state index is 12.1. The molecule has 0 aliphatic carbocycles. The van der Waals surface area contributed by atoms with E-state index >= 15 is 0 Å². The Bertz CT molecular complexity index is 612. The first-order chi connectivity index (χ1) is 9.80. The van der Waals surface area contributed by atoms with Gasteiger partial charge in [0.05, 0.1) is 18.9 Å². The Labute approximate surface area is 124 Å². The zero-order valence-corrected chi connectivity index (χ0v) is 13.0. The molecule has 6 nitrogen and oxygen atoms in total. The highest BCUT2D eigenvalue weighted by Gasteiger charge is 2.34. The van der Waals surface area contributed by atoms with Crippen LogP contribution >= 0.6 is 0 Å². The summed E-state index contributed by atoms with van der Waals surface area (Å²) in [5, 5.41) is 5.05. The van der Waals surface area contributed by atoms with E-state index in [0.717, 1.165) is 11.3 Å². The maximum atomic E-state index is 12.1. The molecular weight excluding hydrogens is 292 g/mol. The smallest absolute Gasteiger partial charge is 0.223 e. The first-order valence-corrected chi connectivity index (χ1v) is 8.45. The largest absolute Gasteiger partial charge is 0.497 e. The Balaban J connectivity index is 2.08. The number of likely N-dealkylation sites (tertiary alicyclic amines) is 1. The van der Waals surface area contributed by atoms with Crippen LogP contribution in [0.4, 0.5) is 0 Å². The quantitative estimate of drug-likeness (QED) is 0.874. The number of carbonyl (C=O) groups is 1. The lowest BCUT2D eigenvalue weighted by molar-refractivity contribution is -0.129. The summed E-state index contributed by atoms with van der Waals surface area (Å²) in [6, 6.07) is 7.39. The highest BCUT2D eigenvalue weighted by Crippen LogP contribution is 2.29. The fourth-order valence-electron chi connectivity index (χ4n) is 2.69. The molecule has 1 fully saturated rings. The van der Waals surface area contributed by atoms with Crippen molar-refractivity contribution in [2.24, 2.45) is 11.1 Å². The molecule has 0 aromatic heterocycles. The van der Waals surface area contributed by atoms with Gasteiger partial charge in [0.25, 0.3) is 0 Å². The predicted octanol–water partition coefficient (Wildman–Crippen LogP) is 0.893. The second kappa shape index (κ2) is 6.03. The number of sulfonamides is 1. The van der Waals surface area contributed by atoms with Gasteiger partial charge in [0.2, 0.25) is 15.9 Å². The molecule has 0 bridgehead atoms. The predicted molar refractivity (Wildman–Crippen MR) is 79.2 cm³/mol. The number of amides is 1. The fourth-order valence-corrected chi connectivity index (χ4v) is 3.57. The summed E-state index contributed by atoms with van der Waals surface area (Å²) in [5.41, 5.74) is 0.986. The van der Waals surface area contributed by atoms with E-state index in [9.17, 15) is 13.2 Å². The van der Waals surface area contributed by atoms with Gasteiger partial charge in [-0.2, -0.15) is 0 Å². The number of benzene rings is 1.